The van der Waals surface area contributed by atoms with Crippen LogP contribution in [0.1, 0.15) is 57.8 Å². The van der Waals surface area contributed by atoms with Crippen molar-refractivity contribution >= 4 is 22.9 Å². The van der Waals surface area contributed by atoms with Gasteiger partial charge in [0.05, 0.1) is 11.4 Å². The third-order valence-electron chi connectivity index (χ3n) is 4.79. The van der Waals surface area contributed by atoms with Crippen molar-refractivity contribution in [2.75, 3.05) is 12.4 Å². The largest absolute Gasteiger partial charge is 0.616 e. The lowest BCUT2D eigenvalue weighted by Gasteiger charge is -2.39. The fourth-order valence-corrected chi connectivity index (χ4v) is 7.73. The second kappa shape index (κ2) is 7.06. The Morgan fingerprint density at radius 2 is 1.74 bits per heavy atom. The first-order valence-electron chi connectivity index (χ1n) is 7.99. The van der Waals surface area contributed by atoms with E-state index in [0.717, 1.165) is 12.4 Å². The zero-order valence-electron chi connectivity index (χ0n) is 11.7. The summed E-state index contributed by atoms with van der Waals surface area (Å²) in [6.07, 6.45) is 11.9. The Morgan fingerprint density at radius 1 is 0.895 bits per heavy atom. The van der Waals surface area contributed by atoms with Gasteiger partial charge in [-0.2, -0.15) is 0 Å². The van der Waals surface area contributed by atoms with Gasteiger partial charge in [0.1, 0.15) is 11.0 Å². The van der Waals surface area contributed by atoms with E-state index in [1.54, 1.807) is 0 Å². The Bertz CT molecular complexity index is 281. The topological polar surface area (TPSA) is 32.3 Å². The molecule has 0 amide bonds. The van der Waals surface area contributed by atoms with Crippen molar-refractivity contribution in [3.8, 4) is 0 Å². The summed E-state index contributed by atoms with van der Waals surface area (Å²) in [4.78, 5) is 0. The van der Waals surface area contributed by atoms with Crippen LogP contribution in [0.25, 0.3) is 0 Å². The molecule has 5 unspecified atom stereocenters. The van der Waals surface area contributed by atoms with Crippen LogP contribution in [-0.2, 0) is 15.9 Å². The Balaban J connectivity index is 1.57. The summed E-state index contributed by atoms with van der Waals surface area (Å²) in [6.45, 7) is 0.960. The number of thioether (sulfide) groups is 1. The van der Waals surface area contributed by atoms with Gasteiger partial charge >= 0.3 is 0 Å². The molecule has 0 aromatic carbocycles. The summed E-state index contributed by atoms with van der Waals surface area (Å²) in [7, 11) is 0. The maximum absolute atomic E-state index is 12.2. The van der Waals surface area contributed by atoms with E-state index in [9.17, 15) is 4.55 Å². The van der Waals surface area contributed by atoms with Gasteiger partial charge < -0.3 is 9.29 Å². The minimum absolute atomic E-state index is 0.477. The lowest BCUT2D eigenvalue weighted by molar-refractivity contribution is 0.0129. The Morgan fingerprint density at radius 3 is 2.53 bits per heavy atom. The monoisotopic (exact) mass is 302 g/mol. The molecule has 19 heavy (non-hydrogen) atoms. The molecule has 0 aliphatic carbocycles. The average molecular weight is 303 g/mol. The van der Waals surface area contributed by atoms with Gasteiger partial charge in [-0.15, -0.1) is 11.8 Å². The van der Waals surface area contributed by atoms with Crippen molar-refractivity contribution in [2.24, 2.45) is 0 Å². The molecule has 0 N–H and O–H groups in total. The van der Waals surface area contributed by atoms with Crippen LogP contribution < -0.4 is 0 Å². The Labute approximate surface area is 124 Å². The van der Waals surface area contributed by atoms with Crippen molar-refractivity contribution < 1.29 is 9.29 Å². The number of hydrogen-bond donors (Lipinski definition) is 0. The SMILES string of the molecule is [O-][S+]1CCCCC1C1CCCC(C2CCCCO2)S1. The Hall–Kier alpha value is 0.620. The normalized spacial score (nSPS) is 45.0. The van der Waals surface area contributed by atoms with Crippen molar-refractivity contribution in [2.45, 2.75) is 79.6 Å². The van der Waals surface area contributed by atoms with E-state index >= 15 is 0 Å². The van der Waals surface area contributed by atoms with Crippen LogP contribution in [0.4, 0.5) is 0 Å². The Kier molecular flexibility index (Phi) is 5.41. The fraction of sp³-hybridized carbons (Fsp3) is 1.00. The molecule has 4 heteroatoms. The molecule has 2 nitrogen and oxygen atoms in total. The van der Waals surface area contributed by atoms with Crippen LogP contribution in [0.3, 0.4) is 0 Å². The summed E-state index contributed by atoms with van der Waals surface area (Å²) >= 11 is 1.57. The van der Waals surface area contributed by atoms with E-state index in [1.807, 2.05) is 0 Å². The zero-order chi connectivity index (χ0) is 13.1. The van der Waals surface area contributed by atoms with Crippen molar-refractivity contribution in [3.63, 3.8) is 0 Å². The molecule has 0 aromatic heterocycles. The molecule has 0 bridgehead atoms. The second-order valence-electron chi connectivity index (χ2n) is 6.17. The minimum Gasteiger partial charge on any atom is -0.616 e. The number of ether oxygens (including phenoxy) is 1. The summed E-state index contributed by atoms with van der Waals surface area (Å²) < 4.78 is 18.2. The van der Waals surface area contributed by atoms with E-state index in [2.05, 4.69) is 11.8 Å². The van der Waals surface area contributed by atoms with Gasteiger partial charge in [-0.05, 0) is 62.5 Å². The molecule has 0 aromatic rings. The smallest absolute Gasteiger partial charge is 0.127 e. The maximum atomic E-state index is 12.2. The predicted molar refractivity (Wildman–Crippen MR) is 83.3 cm³/mol. The number of rotatable bonds is 2. The molecule has 0 radical (unpaired) electrons. The lowest BCUT2D eigenvalue weighted by Crippen LogP contribution is -2.42. The van der Waals surface area contributed by atoms with Crippen LogP contribution in [0.15, 0.2) is 0 Å². The fourth-order valence-electron chi connectivity index (χ4n) is 3.71. The summed E-state index contributed by atoms with van der Waals surface area (Å²) in [5.74, 6) is 0.951. The highest BCUT2D eigenvalue weighted by molar-refractivity contribution is 8.02. The predicted octanol–water partition coefficient (Wildman–Crippen LogP) is 3.51. The molecule has 0 spiro atoms. The molecular weight excluding hydrogens is 276 g/mol. The van der Waals surface area contributed by atoms with Crippen LogP contribution in [0.5, 0.6) is 0 Å². The molecule has 3 rings (SSSR count). The number of hydrogen-bond acceptors (Lipinski definition) is 3. The third-order valence-corrected chi connectivity index (χ3v) is 8.70. The minimum atomic E-state index is -0.557. The quantitative estimate of drug-likeness (QED) is 0.732. The molecule has 5 atom stereocenters. The van der Waals surface area contributed by atoms with Crippen molar-refractivity contribution in [3.05, 3.63) is 0 Å². The molecule has 3 aliphatic rings. The van der Waals surface area contributed by atoms with Gasteiger partial charge in [0.2, 0.25) is 0 Å². The molecule has 110 valence electrons. The van der Waals surface area contributed by atoms with Gasteiger partial charge in [0, 0.05) is 11.9 Å². The highest BCUT2D eigenvalue weighted by Gasteiger charge is 2.39. The summed E-state index contributed by atoms with van der Waals surface area (Å²) in [5.41, 5.74) is 0. The van der Waals surface area contributed by atoms with Gasteiger partial charge in [0.25, 0.3) is 0 Å². The van der Waals surface area contributed by atoms with Gasteiger partial charge in [0.15, 0.2) is 0 Å². The summed E-state index contributed by atoms with van der Waals surface area (Å²) in [6, 6.07) is 0. The molecular formula is C15H26O2S2. The standard InChI is InChI=1S/C15H26O2S2/c16-19-11-4-2-9-15(19)14-8-5-7-13(18-14)12-6-1-3-10-17-12/h12-15H,1-11H2. The van der Waals surface area contributed by atoms with E-state index in [-0.39, 0.29) is 0 Å². The van der Waals surface area contributed by atoms with Crippen molar-refractivity contribution in [1.29, 1.82) is 0 Å². The molecule has 3 aliphatic heterocycles. The maximum Gasteiger partial charge on any atom is 0.127 e. The highest BCUT2D eigenvalue weighted by Crippen LogP contribution is 2.42. The van der Waals surface area contributed by atoms with Crippen molar-refractivity contribution in [1.82, 2.24) is 0 Å². The first-order valence-corrected chi connectivity index (χ1v) is 10.3. The first kappa shape index (κ1) is 14.6. The van der Waals surface area contributed by atoms with Crippen LogP contribution in [0, 0.1) is 0 Å². The second-order valence-corrected chi connectivity index (χ2v) is 9.43. The van der Waals surface area contributed by atoms with E-state index < -0.39 is 11.2 Å². The third kappa shape index (κ3) is 3.63. The lowest BCUT2D eigenvalue weighted by atomic mass is 9.99. The molecule has 3 fully saturated rings. The average Bonchev–Trinajstić information content (AvgIpc) is 2.49. The highest BCUT2D eigenvalue weighted by atomic mass is 32.2. The van der Waals surface area contributed by atoms with Crippen LogP contribution in [0.2, 0.25) is 0 Å². The molecule has 0 saturated carbocycles. The van der Waals surface area contributed by atoms with Crippen LogP contribution in [-0.4, -0.2) is 38.8 Å². The first-order chi connectivity index (χ1) is 9.34. The van der Waals surface area contributed by atoms with E-state index in [4.69, 9.17) is 4.74 Å². The van der Waals surface area contributed by atoms with Gasteiger partial charge in [-0.3, -0.25) is 0 Å². The van der Waals surface area contributed by atoms with Gasteiger partial charge in [-0.1, -0.05) is 6.42 Å². The van der Waals surface area contributed by atoms with Gasteiger partial charge in [-0.25, -0.2) is 0 Å². The zero-order valence-corrected chi connectivity index (χ0v) is 13.4. The van der Waals surface area contributed by atoms with E-state index in [1.165, 1.54) is 57.8 Å². The molecule has 3 heterocycles. The van der Waals surface area contributed by atoms with Crippen LogP contribution >= 0.6 is 11.8 Å². The molecule has 3 saturated heterocycles. The summed E-state index contributed by atoms with van der Waals surface area (Å²) in [5, 5.41) is 1.80. The van der Waals surface area contributed by atoms with E-state index in [0.29, 0.717) is 21.9 Å².